The molecule has 0 fully saturated rings. The van der Waals surface area contributed by atoms with E-state index in [4.69, 9.17) is 12.2 Å². The third-order valence-corrected chi connectivity index (χ3v) is 3.85. The Morgan fingerprint density at radius 1 is 1.00 bits per heavy atom. The van der Waals surface area contributed by atoms with Gasteiger partial charge in [0.2, 0.25) is 0 Å². The lowest BCUT2D eigenvalue weighted by molar-refractivity contribution is -0.384. The molecule has 2 N–H and O–H groups in total. The molecule has 7 nitrogen and oxygen atoms in total. The van der Waals surface area contributed by atoms with E-state index >= 15 is 0 Å². The van der Waals surface area contributed by atoms with Crippen LogP contribution in [0, 0.1) is 24.0 Å². The number of hydrogen-bond donors (Lipinski definition) is 2. The topological polar surface area (TPSA) is 93.0 Å². The minimum atomic E-state index is -0.450. The molecule has 1 heterocycles. The average Bonchev–Trinajstić information content (AvgIpc) is 2.56. The van der Waals surface area contributed by atoms with Crippen LogP contribution < -0.4 is 10.6 Å². The van der Waals surface area contributed by atoms with Gasteiger partial charge in [0.15, 0.2) is 5.11 Å². The number of nitro benzene ring substituents is 1. The number of anilines is 2. The number of rotatable bonds is 3. The highest BCUT2D eigenvalue weighted by Gasteiger charge is 2.07. The van der Waals surface area contributed by atoms with Gasteiger partial charge in [-0.15, -0.1) is 0 Å². The number of aromatic nitrogens is 2. The highest BCUT2D eigenvalue weighted by atomic mass is 32.1. The summed E-state index contributed by atoms with van der Waals surface area (Å²) in [6, 6.07) is 11.7. The second-order valence-electron chi connectivity index (χ2n) is 5.48. The fraction of sp³-hybridized carbons (Fsp3) is 0.118. The zero-order chi connectivity index (χ0) is 18.0. The fourth-order valence-electron chi connectivity index (χ4n) is 2.30. The number of fused-ring (bicyclic) bond motifs is 1. The number of nitro groups is 1. The first-order chi connectivity index (χ1) is 11.9. The number of nitrogens with one attached hydrogen (secondary N) is 2. The zero-order valence-corrected chi connectivity index (χ0v) is 14.4. The first-order valence-electron chi connectivity index (χ1n) is 7.50. The van der Waals surface area contributed by atoms with Gasteiger partial charge in [0, 0.05) is 23.5 Å². The third kappa shape index (κ3) is 3.86. The summed E-state index contributed by atoms with van der Waals surface area (Å²) >= 11 is 5.27. The maximum Gasteiger partial charge on any atom is 0.271 e. The van der Waals surface area contributed by atoms with Crippen molar-refractivity contribution in [3.63, 3.8) is 0 Å². The number of non-ortho nitro benzene ring substituents is 1. The number of thiocarbonyl (C=S) groups is 1. The standard InChI is InChI=1S/C17H15N5O2S/c1-10-11(2)19-16-9-13(6-7-15(16)18-10)21-17(25)20-12-4-3-5-14(8-12)22(23)24/h3-9H,1-2H3,(H2,20,21,25). The summed E-state index contributed by atoms with van der Waals surface area (Å²) in [6.07, 6.45) is 0. The van der Waals surface area contributed by atoms with Crippen LogP contribution in [0.15, 0.2) is 42.5 Å². The zero-order valence-electron chi connectivity index (χ0n) is 13.6. The smallest absolute Gasteiger partial charge is 0.271 e. The Balaban J connectivity index is 1.76. The van der Waals surface area contributed by atoms with Gasteiger partial charge in [-0.3, -0.25) is 10.1 Å². The summed E-state index contributed by atoms with van der Waals surface area (Å²) in [5.74, 6) is 0. The van der Waals surface area contributed by atoms with Gasteiger partial charge in [0.05, 0.1) is 27.3 Å². The van der Waals surface area contributed by atoms with Crippen LogP contribution in [0.25, 0.3) is 11.0 Å². The second kappa shape index (κ2) is 6.78. The first kappa shape index (κ1) is 16.7. The lowest BCUT2D eigenvalue weighted by atomic mass is 10.2. The van der Waals surface area contributed by atoms with Gasteiger partial charge in [-0.1, -0.05) is 6.07 Å². The molecule has 0 aliphatic heterocycles. The Bertz CT molecular complexity index is 990. The largest absolute Gasteiger partial charge is 0.332 e. The van der Waals surface area contributed by atoms with Gasteiger partial charge >= 0.3 is 0 Å². The lowest BCUT2D eigenvalue weighted by Crippen LogP contribution is -2.19. The van der Waals surface area contributed by atoms with E-state index in [0.29, 0.717) is 10.8 Å². The van der Waals surface area contributed by atoms with Gasteiger partial charge in [-0.25, -0.2) is 9.97 Å². The van der Waals surface area contributed by atoms with Crippen LogP contribution in [-0.2, 0) is 0 Å². The SMILES string of the molecule is Cc1nc2ccc(NC(=S)Nc3cccc([N+](=O)[O-])c3)cc2nc1C. The van der Waals surface area contributed by atoms with Crippen LogP contribution in [0.1, 0.15) is 11.4 Å². The highest BCUT2D eigenvalue weighted by molar-refractivity contribution is 7.80. The summed E-state index contributed by atoms with van der Waals surface area (Å²) in [5.41, 5.74) is 4.65. The molecular formula is C17H15N5O2S. The van der Waals surface area contributed by atoms with Crippen molar-refractivity contribution in [1.82, 2.24) is 9.97 Å². The second-order valence-corrected chi connectivity index (χ2v) is 5.89. The van der Waals surface area contributed by atoms with Crippen molar-refractivity contribution in [1.29, 1.82) is 0 Å². The Hall–Kier alpha value is -3.13. The third-order valence-electron chi connectivity index (χ3n) is 3.65. The van der Waals surface area contributed by atoms with Gasteiger partial charge in [0.25, 0.3) is 5.69 Å². The van der Waals surface area contributed by atoms with Crippen molar-refractivity contribution in [3.05, 3.63) is 64.0 Å². The Kier molecular flexibility index (Phi) is 4.53. The van der Waals surface area contributed by atoms with E-state index in [-0.39, 0.29) is 5.69 Å². The van der Waals surface area contributed by atoms with Crippen molar-refractivity contribution < 1.29 is 4.92 Å². The minimum Gasteiger partial charge on any atom is -0.332 e. The van der Waals surface area contributed by atoms with E-state index in [1.165, 1.54) is 12.1 Å². The molecule has 8 heteroatoms. The van der Waals surface area contributed by atoms with E-state index in [0.717, 1.165) is 28.1 Å². The molecule has 1 aromatic heterocycles. The predicted molar refractivity (Wildman–Crippen MR) is 102 cm³/mol. The molecule has 126 valence electrons. The molecule has 0 spiro atoms. The van der Waals surface area contributed by atoms with E-state index in [2.05, 4.69) is 20.6 Å². The fourth-order valence-corrected chi connectivity index (χ4v) is 2.53. The van der Waals surface area contributed by atoms with E-state index in [1.807, 2.05) is 32.0 Å². The van der Waals surface area contributed by atoms with Gasteiger partial charge in [-0.05, 0) is 50.3 Å². The minimum absolute atomic E-state index is 0.000348. The van der Waals surface area contributed by atoms with E-state index in [9.17, 15) is 10.1 Å². The molecule has 0 amide bonds. The maximum absolute atomic E-state index is 10.8. The molecule has 2 aromatic carbocycles. The van der Waals surface area contributed by atoms with Crippen LogP contribution in [0.3, 0.4) is 0 Å². The molecule has 0 bridgehead atoms. The molecule has 0 unspecified atom stereocenters. The van der Waals surface area contributed by atoms with Crippen LogP contribution in [0.4, 0.5) is 17.1 Å². The maximum atomic E-state index is 10.8. The Morgan fingerprint density at radius 3 is 2.32 bits per heavy atom. The molecule has 0 atom stereocenters. The van der Waals surface area contributed by atoms with Crippen LogP contribution >= 0.6 is 12.2 Å². The monoisotopic (exact) mass is 353 g/mol. The van der Waals surface area contributed by atoms with Crippen LogP contribution in [-0.4, -0.2) is 20.0 Å². The molecule has 3 aromatic rings. The van der Waals surface area contributed by atoms with E-state index < -0.39 is 4.92 Å². The van der Waals surface area contributed by atoms with Crippen molar-refractivity contribution in [2.75, 3.05) is 10.6 Å². The van der Waals surface area contributed by atoms with Gasteiger partial charge < -0.3 is 10.6 Å². The predicted octanol–water partition coefficient (Wildman–Crippen LogP) is 3.96. The number of aryl methyl sites for hydroxylation is 2. The summed E-state index contributed by atoms with van der Waals surface area (Å²) in [5, 5.41) is 17.1. The molecule has 0 saturated heterocycles. The van der Waals surface area contributed by atoms with Gasteiger partial charge in [-0.2, -0.15) is 0 Å². The summed E-state index contributed by atoms with van der Waals surface area (Å²) in [4.78, 5) is 19.4. The quantitative estimate of drug-likeness (QED) is 0.418. The van der Waals surface area contributed by atoms with Crippen molar-refractivity contribution >= 4 is 45.4 Å². The summed E-state index contributed by atoms with van der Waals surface area (Å²) < 4.78 is 0. The number of benzene rings is 2. The molecule has 0 saturated carbocycles. The van der Waals surface area contributed by atoms with Crippen LogP contribution in [0.2, 0.25) is 0 Å². The molecular weight excluding hydrogens is 338 g/mol. The number of nitrogens with zero attached hydrogens (tertiary/aromatic N) is 3. The molecule has 0 radical (unpaired) electrons. The number of hydrogen-bond acceptors (Lipinski definition) is 5. The normalized spacial score (nSPS) is 10.5. The van der Waals surface area contributed by atoms with E-state index in [1.54, 1.807) is 12.1 Å². The average molecular weight is 353 g/mol. The summed E-state index contributed by atoms with van der Waals surface area (Å²) in [6.45, 7) is 3.84. The van der Waals surface area contributed by atoms with Crippen LogP contribution in [0.5, 0.6) is 0 Å². The van der Waals surface area contributed by atoms with Crippen molar-refractivity contribution in [3.8, 4) is 0 Å². The summed E-state index contributed by atoms with van der Waals surface area (Å²) in [7, 11) is 0. The first-order valence-corrected chi connectivity index (χ1v) is 7.90. The highest BCUT2D eigenvalue weighted by Crippen LogP contribution is 2.19. The molecule has 3 rings (SSSR count). The molecule has 0 aliphatic rings. The van der Waals surface area contributed by atoms with Crippen molar-refractivity contribution in [2.45, 2.75) is 13.8 Å². The molecule has 0 aliphatic carbocycles. The Labute approximate surface area is 149 Å². The van der Waals surface area contributed by atoms with Gasteiger partial charge in [0.1, 0.15) is 0 Å². The lowest BCUT2D eigenvalue weighted by Gasteiger charge is -2.11. The molecule has 25 heavy (non-hydrogen) atoms. The Morgan fingerprint density at radius 2 is 1.64 bits per heavy atom. The van der Waals surface area contributed by atoms with Crippen molar-refractivity contribution in [2.24, 2.45) is 0 Å².